The Morgan fingerprint density at radius 2 is 1.94 bits per heavy atom. The predicted octanol–water partition coefficient (Wildman–Crippen LogP) is 3.38. The van der Waals surface area contributed by atoms with E-state index in [9.17, 15) is 22.8 Å². The zero-order valence-corrected chi connectivity index (χ0v) is 18.0. The van der Waals surface area contributed by atoms with Crippen molar-refractivity contribution in [2.24, 2.45) is 12.8 Å². The largest absolute Gasteiger partial charge is 0.416 e. The van der Waals surface area contributed by atoms with Crippen LogP contribution in [0.1, 0.15) is 27.0 Å². The van der Waals surface area contributed by atoms with E-state index in [4.69, 9.17) is 5.73 Å². The van der Waals surface area contributed by atoms with Crippen LogP contribution in [-0.4, -0.2) is 35.2 Å². The molecule has 2 amide bonds. The number of nitrogens with two attached hydrogens (primary N) is 1. The minimum atomic E-state index is -4.46. The van der Waals surface area contributed by atoms with Crippen molar-refractivity contribution in [1.29, 1.82) is 0 Å². The molecule has 0 bridgehead atoms. The van der Waals surface area contributed by atoms with E-state index in [2.05, 4.69) is 10.4 Å². The molecule has 0 fully saturated rings. The normalized spacial score (nSPS) is 13.2. The monoisotopic (exact) mass is 457 g/mol. The molecule has 0 unspecified atom stereocenters. The number of hydrogen-bond donors (Lipinski definition) is 2. The van der Waals surface area contributed by atoms with E-state index >= 15 is 0 Å². The number of nitrogens with one attached hydrogen (secondary N) is 1. The number of fused-ring (bicyclic) bond motifs is 1. The fourth-order valence-corrected chi connectivity index (χ4v) is 4.18. The van der Waals surface area contributed by atoms with Crippen LogP contribution in [0.25, 0.3) is 11.3 Å². The molecule has 10 heteroatoms. The smallest absolute Gasteiger partial charge is 0.373 e. The average molecular weight is 457 g/mol. The third-order valence-electron chi connectivity index (χ3n) is 5.69. The minimum absolute atomic E-state index is 0.136. The number of amides is 2. The number of aryl methyl sites for hydroxylation is 1. The number of alkyl halides is 3. The van der Waals surface area contributed by atoms with Crippen LogP contribution in [-0.2, 0) is 30.9 Å². The Balaban J connectivity index is 1.60. The zero-order chi connectivity index (χ0) is 23.9. The van der Waals surface area contributed by atoms with Crippen LogP contribution in [0.3, 0.4) is 0 Å². The van der Waals surface area contributed by atoms with Crippen LogP contribution in [0.15, 0.2) is 42.5 Å². The molecule has 1 aromatic heterocycles. The second-order valence-electron chi connectivity index (χ2n) is 7.82. The van der Waals surface area contributed by atoms with Crippen molar-refractivity contribution in [1.82, 2.24) is 9.78 Å². The molecule has 0 atom stereocenters. The highest BCUT2D eigenvalue weighted by atomic mass is 19.4. The van der Waals surface area contributed by atoms with Gasteiger partial charge in [0.05, 0.1) is 12.0 Å². The zero-order valence-electron chi connectivity index (χ0n) is 18.0. The van der Waals surface area contributed by atoms with Gasteiger partial charge in [-0.25, -0.2) is 0 Å². The first kappa shape index (κ1) is 22.4. The van der Waals surface area contributed by atoms with Gasteiger partial charge in [-0.15, -0.1) is 0 Å². The van der Waals surface area contributed by atoms with Gasteiger partial charge in [-0.05, 0) is 35.7 Å². The first-order valence-corrected chi connectivity index (χ1v) is 10.2. The molecule has 0 aliphatic carbocycles. The molecule has 33 heavy (non-hydrogen) atoms. The van der Waals surface area contributed by atoms with Gasteiger partial charge in [-0.3, -0.25) is 14.3 Å². The summed E-state index contributed by atoms with van der Waals surface area (Å²) in [6.07, 6.45) is -4.02. The van der Waals surface area contributed by atoms with E-state index in [1.807, 2.05) is 6.07 Å². The maximum atomic E-state index is 13.0. The number of anilines is 2. The molecule has 1 aliphatic rings. The van der Waals surface area contributed by atoms with E-state index < -0.39 is 17.6 Å². The van der Waals surface area contributed by atoms with Gasteiger partial charge in [0.1, 0.15) is 17.1 Å². The number of carbonyl (C=O) groups is 2. The van der Waals surface area contributed by atoms with E-state index in [1.165, 1.54) is 16.8 Å². The summed E-state index contributed by atoms with van der Waals surface area (Å²) in [5, 5.41) is 7.34. The highest BCUT2D eigenvalue weighted by Crippen LogP contribution is 2.35. The number of hydrogen-bond acceptors (Lipinski definition) is 4. The third-order valence-corrected chi connectivity index (χ3v) is 5.69. The van der Waals surface area contributed by atoms with E-state index in [1.54, 1.807) is 31.1 Å². The Morgan fingerprint density at radius 3 is 2.61 bits per heavy atom. The molecule has 2 aromatic carbocycles. The molecule has 0 spiro atoms. The molecule has 0 radical (unpaired) electrons. The van der Waals surface area contributed by atoms with Crippen LogP contribution in [0.2, 0.25) is 0 Å². The maximum Gasteiger partial charge on any atom is 0.416 e. The molecular formula is C23H22F3N5O2. The first-order valence-electron chi connectivity index (χ1n) is 10.2. The minimum Gasteiger partial charge on any atom is -0.373 e. The van der Waals surface area contributed by atoms with Crippen molar-refractivity contribution in [3.63, 3.8) is 0 Å². The molecule has 4 rings (SSSR count). The summed E-state index contributed by atoms with van der Waals surface area (Å²) in [6, 6.07) is 10.2. The van der Waals surface area contributed by atoms with Crippen molar-refractivity contribution >= 4 is 23.3 Å². The summed E-state index contributed by atoms with van der Waals surface area (Å²) in [5.74, 6) is -0.398. The van der Waals surface area contributed by atoms with Gasteiger partial charge < -0.3 is 16.0 Å². The van der Waals surface area contributed by atoms with Crippen molar-refractivity contribution in [3.8, 4) is 11.3 Å². The highest BCUT2D eigenvalue weighted by molar-refractivity contribution is 6.04. The van der Waals surface area contributed by atoms with Gasteiger partial charge in [0.25, 0.3) is 5.91 Å². The Morgan fingerprint density at radius 1 is 1.18 bits per heavy atom. The van der Waals surface area contributed by atoms with Gasteiger partial charge in [-0.2, -0.15) is 18.3 Å². The fraction of sp³-hybridized carbons (Fsp3) is 0.261. The average Bonchev–Trinajstić information content (AvgIpc) is 3.33. The van der Waals surface area contributed by atoms with Crippen molar-refractivity contribution in [2.45, 2.75) is 19.0 Å². The number of aromatic nitrogens is 2. The highest BCUT2D eigenvalue weighted by Gasteiger charge is 2.31. The van der Waals surface area contributed by atoms with Crippen LogP contribution < -0.4 is 16.0 Å². The van der Waals surface area contributed by atoms with E-state index in [0.29, 0.717) is 41.3 Å². The lowest BCUT2D eigenvalue weighted by atomic mass is 10.0. The SMILES string of the molecule is CNc1c(C(N)=O)c(-c2ccc3c(c2)CCN3C(=O)Cc2cccc(C(F)(F)F)c2)nn1C. The number of benzene rings is 2. The predicted molar refractivity (Wildman–Crippen MR) is 118 cm³/mol. The standard InChI is InChI=1S/C23H22F3N5O2/c1-28-22-19(21(27)33)20(29-30(22)2)15-6-7-17-14(12-15)8-9-31(17)18(32)11-13-4-3-5-16(10-13)23(24,25)26/h3-7,10,12,28H,8-9,11H2,1-2H3,(H2,27,33). The lowest BCUT2D eigenvalue weighted by Crippen LogP contribution is -2.30. The summed E-state index contributed by atoms with van der Waals surface area (Å²) in [5.41, 5.74) is 8.08. The number of carbonyl (C=O) groups excluding carboxylic acids is 2. The summed E-state index contributed by atoms with van der Waals surface area (Å²) in [6.45, 7) is 0.420. The molecule has 1 aliphatic heterocycles. The fourth-order valence-electron chi connectivity index (χ4n) is 4.18. The Kier molecular flexibility index (Phi) is 5.61. The number of nitrogens with zero attached hydrogens (tertiary/aromatic N) is 3. The van der Waals surface area contributed by atoms with Gasteiger partial charge >= 0.3 is 6.18 Å². The molecule has 172 valence electrons. The lowest BCUT2D eigenvalue weighted by molar-refractivity contribution is -0.137. The molecule has 2 heterocycles. The van der Waals surface area contributed by atoms with Crippen molar-refractivity contribution < 1.29 is 22.8 Å². The second kappa shape index (κ2) is 8.27. The van der Waals surface area contributed by atoms with Crippen LogP contribution in [0.4, 0.5) is 24.7 Å². The Hall–Kier alpha value is -3.82. The van der Waals surface area contributed by atoms with Gasteiger partial charge in [-0.1, -0.05) is 24.3 Å². The van der Waals surface area contributed by atoms with Crippen LogP contribution in [0, 0.1) is 0 Å². The Labute approximate surface area is 188 Å². The topological polar surface area (TPSA) is 93.2 Å². The molecule has 3 N–H and O–H groups in total. The third kappa shape index (κ3) is 4.15. The summed E-state index contributed by atoms with van der Waals surface area (Å²) in [7, 11) is 3.37. The molecule has 0 saturated heterocycles. The number of primary amides is 1. The van der Waals surface area contributed by atoms with Gasteiger partial charge in [0.15, 0.2) is 0 Å². The molecule has 0 saturated carbocycles. The van der Waals surface area contributed by atoms with Crippen molar-refractivity contribution in [3.05, 3.63) is 64.7 Å². The first-order chi connectivity index (χ1) is 15.6. The van der Waals surface area contributed by atoms with Crippen LogP contribution >= 0.6 is 0 Å². The Bertz CT molecular complexity index is 1250. The van der Waals surface area contributed by atoms with E-state index in [0.717, 1.165) is 17.7 Å². The van der Waals surface area contributed by atoms with Crippen molar-refractivity contribution in [2.75, 3.05) is 23.8 Å². The van der Waals surface area contributed by atoms with E-state index in [-0.39, 0.29) is 17.9 Å². The summed E-state index contributed by atoms with van der Waals surface area (Å²) in [4.78, 5) is 26.5. The molecule has 7 nitrogen and oxygen atoms in total. The number of halogens is 3. The number of rotatable bonds is 5. The quantitative estimate of drug-likeness (QED) is 0.614. The summed E-state index contributed by atoms with van der Waals surface area (Å²) >= 11 is 0. The molecule has 3 aromatic rings. The van der Waals surface area contributed by atoms with Gasteiger partial charge in [0.2, 0.25) is 5.91 Å². The second-order valence-corrected chi connectivity index (χ2v) is 7.82. The van der Waals surface area contributed by atoms with Crippen LogP contribution in [0.5, 0.6) is 0 Å². The van der Waals surface area contributed by atoms with Gasteiger partial charge in [0, 0.05) is 31.9 Å². The molecular weight excluding hydrogens is 435 g/mol. The lowest BCUT2D eigenvalue weighted by Gasteiger charge is -2.18. The summed E-state index contributed by atoms with van der Waals surface area (Å²) < 4.78 is 40.5. The maximum absolute atomic E-state index is 13.0.